The van der Waals surface area contributed by atoms with Crippen molar-refractivity contribution in [1.29, 1.82) is 0 Å². The molecule has 2 aromatic heterocycles. The van der Waals surface area contributed by atoms with Crippen molar-refractivity contribution in [3.8, 4) is 39.4 Å². The number of carbonyl (C=O) groups excluding carboxylic acids is 1. The number of anilines is 4. The van der Waals surface area contributed by atoms with E-state index in [1.165, 1.54) is 32.7 Å². The minimum absolute atomic E-state index is 0.205. The van der Waals surface area contributed by atoms with Crippen LogP contribution in [0.4, 0.5) is 22.3 Å². The zero-order valence-corrected chi connectivity index (χ0v) is 23.1. The molecule has 0 saturated heterocycles. The fourth-order valence-electron chi connectivity index (χ4n) is 3.82. The van der Waals surface area contributed by atoms with Gasteiger partial charge in [-0.1, -0.05) is 46.3 Å². The Morgan fingerprint density at radius 2 is 1.70 bits per heavy atom. The van der Waals surface area contributed by atoms with Crippen LogP contribution in [0.5, 0.6) is 17.2 Å². The number of aromatic nitrogens is 3. The van der Waals surface area contributed by atoms with E-state index < -0.39 is 0 Å². The summed E-state index contributed by atoms with van der Waals surface area (Å²) in [6.07, 6.45) is 0. The van der Waals surface area contributed by atoms with Gasteiger partial charge in [0.1, 0.15) is 10.7 Å². The molecule has 204 valence electrons. The highest BCUT2D eigenvalue weighted by atomic mass is 35.5. The summed E-state index contributed by atoms with van der Waals surface area (Å²) in [4.78, 5) is 22.0. The zero-order valence-electron chi connectivity index (χ0n) is 21.5. The van der Waals surface area contributed by atoms with E-state index in [9.17, 15) is 4.79 Å². The number of hydrogen-bond acceptors (Lipinski definition) is 11. The Morgan fingerprint density at radius 3 is 2.40 bits per heavy atom. The van der Waals surface area contributed by atoms with Crippen molar-refractivity contribution in [2.24, 2.45) is 0 Å². The Labute approximate surface area is 237 Å². The van der Waals surface area contributed by atoms with Crippen LogP contribution in [0.2, 0.25) is 5.02 Å². The molecule has 0 spiro atoms. The number of ether oxygens (including phenoxy) is 3. The number of nitrogens with one attached hydrogen (secondary N) is 2. The molecule has 0 radical (unpaired) electrons. The summed E-state index contributed by atoms with van der Waals surface area (Å²) in [7, 11) is 4.61. The van der Waals surface area contributed by atoms with Crippen LogP contribution in [-0.2, 0) is 0 Å². The van der Waals surface area contributed by atoms with Gasteiger partial charge in [0.05, 0.1) is 21.3 Å². The van der Waals surface area contributed by atoms with Crippen LogP contribution >= 0.6 is 22.9 Å². The maximum Gasteiger partial charge on any atom is 0.272 e. The molecule has 0 aliphatic rings. The number of nitrogen functional groups attached to an aromatic ring is 1. The number of hydrogen-bond donors (Lipinski definition) is 3. The van der Waals surface area contributed by atoms with Crippen LogP contribution in [0.25, 0.3) is 22.2 Å². The highest BCUT2D eigenvalue weighted by Crippen LogP contribution is 2.42. The Hall–Kier alpha value is -4.81. The van der Waals surface area contributed by atoms with Gasteiger partial charge in [0.15, 0.2) is 16.6 Å². The fraction of sp³-hybridized carbons (Fsp3) is 0.111. The smallest absolute Gasteiger partial charge is 0.272 e. The third-order valence-electron chi connectivity index (χ3n) is 5.66. The van der Waals surface area contributed by atoms with Crippen LogP contribution in [0.3, 0.4) is 0 Å². The lowest BCUT2D eigenvalue weighted by atomic mass is 10.1. The van der Waals surface area contributed by atoms with E-state index in [1.54, 1.807) is 60.7 Å². The third kappa shape index (κ3) is 5.63. The van der Waals surface area contributed by atoms with Gasteiger partial charge in [0, 0.05) is 39.7 Å². The van der Waals surface area contributed by atoms with Gasteiger partial charge in [-0.3, -0.25) is 4.79 Å². The Morgan fingerprint density at radius 1 is 0.950 bits per heavy atom. The lowest BCUT2D eigenvalue weighted by Gasteiger charge is -2.14. The molecule has 0 atom stereocenters. The van der Waals surface area contributed by atoms with E-state index in [2.05, 4.69) is 25.8 Å². The SMILES string of the molecule is COc1cc(Nc2nc(N)c(-c3nc(-c4cccc(NC(=O)c5cccc(Cl)c5)c4)no3)s2)cc(OC)c1OC. The van der Waals surface area contributed by atoms with Gasteiger partial charge in [0.2, 0.25) is 11.6 Å². The van der Waals surface area contributed by atoms with Crippen molar-refractivity contribution >= 4 is 51.2 Å². The summed E-state index contributed by atoms with van der Waals surface area (Å²) in [5.74, 6) is 1.90. The van der Waals surface area contributed by atoms with Crippen LogP contribution in [0.1, 0.15) is 10.4 Å². The number of thiazole rings is 1. The lowest BCUT2D eigenvalue weighted by molar-refractivity contribution is 0.102. The quantitative estimate of drug-likeness (QED) is 0.187. The Balaban J connectivity index is 1.35. The monoisotopic (exact) mass is 578 g/mol. The molecule has 0 aliphatic heterocycles. The number of benzene rings is 3. The maximum absolute atomic E-state index is 12.6. The second-order valence-corrected chi connectivity index (χ2v) is 9.68. The predicted molar refractivity (Wildman–Crippen MR) is 154 cm³/mol. The fourth-order valence-corrected chi connectivity index (χ4v) is 4.83. The molecule has 0 aliphatic carbocycles. The second kappa shape index (κ2) is 11.5. The maximum atomic E-state index is 12.6. The normalized spacial score (nSPS) is 10.7. The molecule has 11 nitrogen and oxygen atoms in total. The average molecular weight is 579 g/mol. The molecular formula is C27H23ClN6O5S. The number of halogens is 1. The standard InChI is InChI=1S/C27H23ClN6O5S/c1-36-19-12-18(13-20(37-2)21(19)38-3)31-27-32-23(29)22(40-27)26-33-24(34-39-26)14-6-5-9-17(11-14)30-25(35)15-7-4-8-16(28)10-15/h4-13H,29H2,1-3H3,(H,30,35)(H,31,32). The van der Waals surface area contributed by atoms with E-state index in [0.717, 1.165) is 0 Å². The number of nitrogens with zero attached hydrogens (tertiary/aromatic N) is 3. The predicted octanol–water partition coefficient (Wildman–Crippen LogP) is 6.12. The summed E-state index contributed by atoms with van der Waals surface area (Å²) in [6, 6.07) is 17.3. The molecule has 40 heavy (non-hydrogen) atoms. The first-order valence-electron chi connectivity index (χ1n) is 11.7. The molecule has 0 saturated carbocycles. The third-order valence-corrected chi connectivity index (χ3v) is 6.86. The number of carbonyl (C=O) groups is 1. The van der Waals surface area contributed by atoms with Crippen molar-refractivity contribution in [1.82, 2.24) is 15.1 Å². The zero-order chi connectivity index (χ0) is 28.2. The molecule has 0 bridgehead atoms. The van der Waals surface area contributed by atoms with Gasteiger partial charge < -0.3 is 35.1 Å². The minimum Gasteiger partial charge on any atom is -0.493 e. The molecule has 3 aromatic carbocycles. The molecule has 2 heterocycles. The van der Waals surface area contributed by atoms with Crippen LogP contribution in [0.15, 0.2) is 65.2 Å². The molecule has 5 rings (SSSR count). The summed E-state index contributed by atoms with van der Waals surface area (Å²) >= 11 is 7.24. The van der Waals surface area contributed by atoms with Gasteiger partial charge >= 0.3 is 0 Å². The van der Waals surface area contributed by atoms with Crippen molar-refractivity contribution in [3.63, 3.8) is 0 Å². The number of nitrogens with two attached hydrogens (primary N) is 1. The molecule has 13 heteroatoms. The summed E-state index contributed by atoms with van der Waals surface area (Å²) in [5.41, 5.74) is 8.47. The van der Waals surface area contributed by atoms with Crippen LogP contribution in [-0.4, -0.2) is 42.4 Å². The Bertz CT molecular complexity index is 1660. The molecule has 4 N–H and O–H groups in total. The highest BCUT2D eigenvalue weighted by molar-refractivity contribution is 7.19. The van der Waals surface area contributed by atoms with Crippen molar-refractivity contribution in [2.75, 3.05) is 37.7 Å². The van der Waals surface area contributed by atoms with Crippen molar-refractivity contribution in [3.05, 3.63) is 71.2 Å². The van der Waals surface area contributed by atoms with Gasteiger partial charge in [-0.15, -0.1) is 0 Å². The van der Waals surface area contributed by atoms with Crippen LogP contribution in [0, 0.1) is 0 Å². The average Bonchev–Trinajstić information content (AvgIpc) is 3.59. The first kappa shape index (κ1) is 26.8. The van der Waals surface area contributed by atoms with Crippen molar-refractivity contribution < 1.29 is 23.5 Å². The number of rotatable bonds is 9. The first-order valence-corrected chi connectivity index (χ1v) is 12.9. The van der Waals surface area contributed by atoms with E-state index >= 15 is 0 Å². The largest absolute Gasteiger partial charge is 0.493 e. The molecule has 5 aromatic rings. The van der Waals surface area contributed by atoms with E-state index in [1.807, 2.05) is 0 Å². The number of amides is 1. The van der Waals surface area contributed by atoms with E-state index in [-0.39, 0.29) is 17.6 Å². The molecular weight excluding hydrogens is 556 g/mol. The summed E-state index contributed by atoms with van der Waals surface area (Å²) < 4.78 is 21.7. The molecule has 0 fully saturated rings. The molecule has 1 amide bonds. The van der Waals surface area contributed by atoms with Crippen LogP contribution < -0.4 is 30.6 Å². The van der Waals surface area contributed by atoms with E-state index in [4.69, 9.17) is 36.1 Å². The highest BCUT2D eigenvalue weighted by Gasteiger charge is 2.20. The second-order valence-electron chi connectivity index (χ2n) is 8.24. The topological polar surface area (TPSA) is 147 Å². The van der Waals surface area contributed by atoms with Gasteiger partial charge in [-0.25, -0.2) is 4.98 Å². The molecule has 0 unspecified atom stereocenters. The van der Waals surface area contributed by atoms with E-state index in [0.29, 0.717) is 60.6 Å². The van der Waals surface area contributed by atoms with Gasteiger partial charge in [0.25, 0.3) is 11.8 Å². The Kier molecular flexibility index (Phi) is 7.71. The first-order chi connectivity index (χ1) is 19.4. The van der Waals surface area contributed by atoms with Gasteiger partial charge in [-0.2, -0.15) is 4.98 Å². The number of methoxy groups -OCH3 is 3. The van der Waals surface area contributed by atoms with Gasteiger partial charge in [-0.05, 0) is 30.3 Å². The minimum atomic E-state index is -0.294. The summed E-state index contributed by atoms with van der Waals surface area (Å²) in [5, 5.41) is 11.1. The summed E-state index contributed by atoms with van der Waals surface area (Å²) in [6.45, 7) is 0. The van der Waals surface area contributed by atoms with Crippen molar-refractivity contribution in [2.45, 2.75) is 0 Å². The lowest BCUT2D eigenvalue weighted by Crippen LogP contribution is -2.11.